The molecule has 0 unspecified atom stereocenters. The van der Waals surface area contributed by atoms with Gasteiger partial charge in [0.1, 0.15) is 12.3 Å². The summed E-state index contributed by atoms with van der Waals surface area (Å²) in [5.41, 5.74) is 0.527. The number of carbonyl (C=O) groups is 2. The van der Waals surface area contributed by atoms with Crippen LogP contribution in [0.5, 0.6) is 0 Å². The Balaban J connectivity index is 1.69. The van der Waals surface area contributed by atoms with E-state index in [9.17, 15) is 9.59 Å². The average molecular weight is 306 g/mol. The van der Waals surface area contributed by atoms with Crippen LogP contribution < -0.4 is 0 Å². The van der Waals surface area contributed by atoms with Gasteiger partial charge in [-0.05, 0) is 24.3 Å². The molecule has 2 aromatic rings. The minimum Gasteiger partial charge on any atom is -0.480 e. The van der Waals surface area contributed by atoms with Crippen molar-refractivity contribution in [3.05, 3.63) is 29.5 Å². The monoisotopic (exact) mass is 306 g/mol. The zero-order chi connectivity index (χ0) is 14.8. The van der Waals surface area contributed by atoms with E-state index in [1.165, 1.54) is 22.5 Å². The number of hydrogen-bond acceptors (Lipinski definition) is 5. The van der Waals surface area contributed by atoms with E-state index in [4.69, 9.17) is 9.52 Å². The van der Waals surface area contributed by atoms with Crippen molar-refractivity contribution in [2.24, 2.45) is 0 Å². The molecule has 3 rings (SSSR count). The van der Waals surface area contributed by atoms with Crippen molar-refractivity contribution < 1.29 is 19.1 Å². The Morgan fingerprint density at radius 1 is 1.52 bits per heavy atom. The topological polar surface area (TPSA) is 83.6 Å². The molecule has 0 radical (unpaired) electrons. The molecule has 1 N–H and O–H groups in total. The van der Waals surface area contributed by atoms with E-state index >= 15 is 0 Å². The van der Waals surface area contributed by atoms with E-state index in [0.29, 0.717) is 24.6 Å². The third-order valence-electron chi connectivity index (χ3n) is 3.47. The number of aliphatic carboxylic acids is 1. The van der Waals surface area contributed by atoms with Gasteiger partial charge in [-0.2, -0.15) is 0 Å². The molecule has 1 saturated heterocycles. The Morgan fingerprint density at radius 2 is 2.38 bits per heavy atom. The quantitative estimate of drug-likeness (QED) is 0.934. The van der Waals surface area contributed by atoms with Crippen LogP contribution in [-0.4, -0.2) is 39.5 Å². The van der Waals surface area contributed by atoms with Gasteiger partial charge in [-0.25, -0.2) is 9.78 Å². The second kappa shape index (κ2) is 5.69. The van der Waals surface area contributed by atoms with Crippen LogP contribution in [0.3, 0.4) is 0 Å². The fraction of sp³-hybridized carbons (Fsp3) is 0.357. The third-order valence-corrected chi connectivity index (χ3v) is 4.33. The second-order valence-electron chi connectivity index (χ2n) is 4.88. The number of carboxylic acid groups (broad SMARTS) is 1. The summed E-state index contributed by atoms with van der Waals surface area (Å²) in [6, 6.07) is 3.08. The molecule has 3 heterocycles. The highest BCUT2D eigenvalue weighted by Gasteiger charge is 2.34. The van der Waals surface area contributed by atoms with Crippen molar-refractivity contribution in [1.82, 2.24) is 9.88 Å². The predicted octanol–water partition coefficient (Wildman–Crippen LogP) is 2.02. The van der Waals surface area contributed by atoms with Gasteiger partial charge < -0.3 is 14.4 Å². The van der Waals surface area contributed by atoms with Crippen LogP contribution in [0, 0.1) is 0 Å². The predicted molar refractivity (Wildman–Crippen MR) is 75.9 cm³/mol. The number of hydrogen-bond donors (Lipinski definition) is 1. The minimum absolute atomic E-state index is 0.0681. The maximum atomic E-state index is 12.2. The number of carbonyl (C=O) groups excluding carboxylic acids is 1. The van der Waals surface area contributed by atoms with E-state index in [1.807, 2.05) is 17.5 Å². The Labute approximate surface area is 125 Å². The SMILES string of the molecule is O=C(O)[C@H]1CCCN1C(=O)Cc1coc(-c2cccs2)n1. The van der Waals surface area contributed by atoms with Crippen LogP contribution in [0.1, 0.15) is 18.5 Å². The lowest BCUT2D eigenvalue weighted by Gasteiger charge is -2.20. The van der Waals surface area contributed by atoms with Gasteiger partial charge in [0.25, 0.3) is 0 Å². The highest BCUT2D eigenvalue weighted by atomic mass is 32.1. The third kappa shape index (κ3) is 2.82. The van der Waals surface area contributed by atoms with E-state index in [1.54, 1.807) is 0 Å². The standard InChI is InChI=1S/C14H14N2O4S/c17-12(16-5-1-3-10(16)14(18)19)7-9-8-20-13(15-9)11-4-2-6-21-11/h2,4,6,8,10H,1,3,5,7H2,(H,18,19)/t10-/m1/s1. The molecule has 6 nitrogen and oxygen atoms in total. The van der Waals surface area contributed by atoms with Crippen molar-refractivity contribution in [2.75, 3.05) is 6.54 Å². The summed E-state index contributed by atoms with van der Waals surface area (Å²) in [6.45, 7) is 0.492. The van der Waals surface area contributed by atoms with Crippen molar-refractivity contribution in [2.45, 2.75) is 25.3 Å². The maximum absolute atomic E-state index is 12.2. The van der Waals surface area contributed by atoms with Gasteiger partial charge >= 0.3 is 5.97 Å². The first-order valence-electron chi connectivity index (χ1n) is 6.65. The zero-order valence-electron chi connectivity index (χ0n) is 11.2. The molecule has 0 bridgehead atoms. The molecular formula is C14H14N2O4S. The van der Waals surface area contributed by atoms with Gasteiger partial charge in [0, 0.05) is 6.54 Å². The van der Waals surface area contributed by atoms with Crippen LogP contribution in [0.2, 0.25) is 0 Å². The van der Waals surface area contributed by atoms with Crippen LogP contribution in [0.15, 0.2) is 28.2 Å². The van der Waals surface area contributed by atoms with E-state index in [-0.39, 0.29) is 12.3 Å². The fourth-order valence-corrected chi connectivity index (χ4v) is 3.14. The highest BCUT2D eigenvalue weighted by Crippen LogP contribution is 2.24. The Bertz CT molecular complexity index is 650. The summed E-state index contributed by atoms with van der Waals surface area (Å²) in [7, 11) is 0. The highest BCUT2D eigenvalue weighted by molar-refractivity contribution is 7.13. The molecule has 0 aliphatic carbocycles. The number of likely N-dealkylation sites (tertiary alicyclic amines) is 1. The smallest absolute Gasteiger partial charge is 0.326 e. The molecule has 110 valence electrons. The maximum Gasteiger partial charge on any atom is 0.326 e. The molecule has 7 heteroatoms. The number of rotatable bonds is 4. The number of nitrogens with zero attached hydrogens (tertiary/aromatic N) is 2. The van der Waals surface area contributed by atoms with Crippen LogP contribution >= 0.6 is 11.3 Å². The van der Waals surface area contributed by atoms with Crippen molar-refractivity contribution >= 4 is 23.2 Å². The lowest BCUT2D eigenvalue weighted by molar-refractivity contribution is -0.148. The van der Waals surface area contributed by atoms with Gasteiger partial charge in [-0.3, -0.25) is 4.79 Å². The lowest BCUT2D eigenvalue weighted by Crippen LogP contribution is -2.41. The molecule has 2 aromatic heterocycles. The molecule has 1 aliphatic rings. The van der Waals surface area contributed by atoms with Crippen LogP contribution in [-0.2, 0) is 16.0 Å². The Morgan fingerprint density at radius 3 is 3.10 bits per heavy atom. The molecule has 1 atom stereocenters. The number of aromatic nitrogens is 1. The fourth-order valence-electron chi connectivity index (χ4n) is 2.48. The second-order valence-corrected chi connectivity index (χ2v) is 5.83. The molecule has 21 heavy (non-hydrogen) atoms. The van der Waals surface area contributed by atoms with Crippen molar-refractivity contribution in [1.29, 1.82) is 0 Å². The zero-order valence-corrected chi connectivity index (χ0v) is 12.0. The molecule has 0 spiro atoms. The van der Waals surface area contributed by atoms with Crippen LogP contribution in [0.25, 0.3) is 10.8 Å². The first kappa shape index (κ1) is 13.8. The number of thiophene rings is 1. The van der Waals surface area contributed by atoms with Gasteiger partial charge in [0.15, 0.2) is 0 Å². The molecular weight excluding hydrogens is 292 g/mol. The summed E-state index contributed by atoms with van der Waals surface area (Å²) in [4.78, 5) is 29.9. The summed E-state index contributed by atoms with van der Waals surface area (Å²) >= 11 is 1.51. The normalized spacial score (nSPS) is 18.1. The molecule has 1 aliphatic heterocycles. The van der Waals surface area contributed by atoms with Gasteiger partial charge in [0.05, 0.1) is 17.0 Å². The lowest BCUT2D eigenvalue weighted by atomic mass is 10.2. The molecule has 1 amide bonds. The van der Waals surface area contributed by atoms with Gasteiger partial charge in [-0.1, -0.05) is 6.07 Å². The van der Waals surface area contributed by atoms with E-state index < -0.39 is 12.0 Å². The Kier molecular flexibility index (Phi) is 3.74. The first-order valence-corrected chi connectivity index (χ1v) is 7.53. The Hall–Kier alpha value is -2.15. The summed E-state index contributed by atoms with van der Waals surface area (Å²) in [5.74, 6) is -0.671. The van der Waals surface area contributed by atoms with Crippen LogP contribution in [0.4, 0.5) is 0 Å². The number of amides is 1. The first-order chi connectivity index (χ1) is 10.1. The minimum atomic E-state index is -0.944. The number of oxazole rings is 1. The largest absolute Gasteiger partial charge is 0.480 e. The van der Waals surface area contributed by atoms with Crippen molar-refractivity contribution in [3.8, 4) is 10.8 Å². The van der Waals surface area contributed by atoms with E-state index in [2.05, 4.69) is 4.98 Å². The molecule has 1 fully saturated rings. The van der Waals surface area contributed by atoms with Gasteiger partial charge in [-0.15, -0.1) is 11.3 Å². The summed E-state index contributed by atoms with van der Waals surface area (Å²) in [6.07, 6.45) is 2.76. The van der Waals surface area contributed by atoms with Gasteiger partial charge in [0.2, 0.25) is 11.8 Å². The summed E-state index contributed by atoms with van der Waals surface area (Å²) in [5, 5.41) is 11.0. The number of carboxylic acids is 1. The summed E-state index contributed by atoms with van der Waals surface area (Å²) < 4.78 is 5.36. The van der Waals surface area contributed by atoms with Crippen molar-refractivity contribution in [3.63, 3.8) is 0 Å². The molecule has 0 saturated carbocycles. The molecule has 0 aromatic carbocycles. The average Bonchev–Trinajstić information content (AvgIpc) is 3.19. The van der Waals surface area contributed by atoms with E-state index in [0.717, 1.165) is 11.3 Å².